The Morgan fingerprint density at radius 3 is 2.23 bits per heavy atom. The molecule has 3 aromatic rings. The number of nitrogens with zero attached hydrogens (tertiary/aromatic N) is 1. The maximum Gasteiger partial charge on any atom is 0.329 e. The van der Waals surface area contributed by atoms with Gasteiger partial charge in [-0.2, -0.15) is 0 Å². The van der Waals surface area contributed by atoms with E-state index in [4.69, 9.17) is 0 Å². The average molecular weight is 418 g/mol. The molecule has 0 aliphatic rings. The first-order valence-corrected chi connectivity index (χ1v) is 9.60. The van der Waals surface area contributed by atoms with E-state index < -0.39 is 24.0 Å². The summed E-state index contributed by atoms with van der Waals surface area (Å²) >= 11 is 0. The Morgan fingerprint density at radius 2 is 1.58 bits per heavy atom. The minimum absolute atomic E-state index is 0.0112. The van der Waals surface area contributed by atoms with Crippen LogP contribution in [0.4, 0.5) is 5.69 Å². The molecule has 158 valence electrons. The summed E-state index contributed by atoms with van der Waals surface area (Å²) in [5.41, 5.74) is 2.18. The molecule has 2 atom stereocenters. The molecule has 0 spiro atoms. The standard InChI is InChI=1S/C24H22N2O5/c27-20-9-5-4-8-18(20)15-25-19-12-10-17(11-13-19)23(29)22(24(30)31)26-21(28)14-16-6-2-1-3-7-16/h1-13,15,22-23,27,29H,14H2,(H,26,28)(H,30,31). The minimum atomic E-state index is -1.49. The highest BCUT2D eigenvalue weighted by molar-refractivity contribution is 5.86. The molecule has 0 aliphatic carbocycles. The van der Waals surface area contributed by atoms with E-state index in [2.05, 4.69) is 10.3 Å². The topological polar surface area (TPSA) is 119 Å². The van der Waals surface area contributed by atoms with E-state index in [0.29, 0.717) is 16.8 Å². The second-order valence-corrected chi connectivity index (χ2v) is 6.90. The van der Waals surface area contributed by atoms with Gasteiger partial charge in [0, 0.05) is 11.8 Å². The highest BCUT2D eigenvalue weighted by Gasteiger charge is 2.29. The molecule has 2 unspecified atom stereocenters. The number of para-hydroxylation sites is 1. The molecule has 7 heteroatoms. The first-order chi connectivity index (χ1) is 14.9. The number of benzene rings is 3. The molecule has 0 aromatic heterocycles. The average Bonchev–Trinajstić information content (AvgIpc) is 2.77. The summed E-state index contributed by atoms with van der Waals surface area (Å²) < 4.78 is 0. The van der Waals surface area contributed by atoms with E-state index in [0.717, 1.165) is 5.56 Å². The van der Waals surface area contributed by atoms with Gasteiger partial charge in [-0.3, -0.25) is 9.79 Å². The van der Waals surface area contributed by atoms with Crippen LogP contribution in [0.15, 0.2) is 83.9 Å². The highest BCUT2D eigenvalue weighted by atomic mass is 16.4. The Balaban J connectivity index is 1.67. The van der Waals surface area contributed by atoms with Crippen molar-refractivity contribution in [2.24, 2.45) is 4.99 Å². The zero-order chi connectivity index (χ0) is 22.2. The van der Waals surface area contributed by atoms with Crippen LogP contribution in [-0.2, 0) is 16.0 Å². The van der Waals surface area contributed by atoms with Crippen LogP contribution in [0, 0.1) is 0 Å². The Labute approximate surface area is 179 Å². The maximum atomic E-state index is 12.2. The van der Waals surface area contributed by atoms with Crippen LogP contribution in [0.25, 0.3) is 0 Å². The van der Waals surface area contributed by atoms with Gasteiger partial charge in [0.15, 0.2) is 6.04 Å². The van der Waals surface area contributed by atoms with Crippen LogP contribution >= 0.6 is 0 Å². The SMILES string of the molecule is O=C(Cc1ccccc1)NC(C(=O)O)C(O)c1ccc(N=Cc2ccccc2O)cc1. The Hall–Kier alpha value is -3.97. The Bertz CT molecular complexity index is 1060. The molecule has 7 nitrogen and oxygen atoms in total. The van der Waals surface area contributed by atoms with Crippen LogP contribution in [0.1, 0.15) is 22.8 Å². The molecular formula is C24H22N2O5. The normalized spacial score (nSPS) is 12.9. The van der Waals surface area contributed by atoms with Crippen molar-refractivity contribution in [2.45, 2.75) is 18.6 Å². The lowest BCUT2D eigenvalue weighted by atomic mass is 10.0. The van der Waals surface area contributed by atoms with Gasteiger partial charge in [-0.1, -0.05) is 54.6 Å². The number of amides is 1. The largest absolute Gasteiger partial charge is 0.507 e. The lowest BCUT2D eigenvalue weighted by molar-refractivity contribution is -0.145. The van der Waals surface area contributed by atoms with Crippen molar-refractivity contribution in [1.82, 2.24) is 5.32 Å². The Morgan fingerprint density at radius 1 is 0.935 bits per heavy atom. The predicted molar refractivity (Wildman–Crippen MR) is 116 cm³/mol. The molecule has 4 N–H and O–H groups in total. The summed E-state index contributed by atoms with van der Waals surface area (Å²) in [5.74, 6) is -1.73. The molecule has 0 fully saturated rings. The number of aliphatic hydroxyl groups is 1. The van der Waals surface area contributed by atoms with Gasteiger partial charge in [0.25, 0.3) is 0 Å². The minimum Gasteiger partial charge on any atom is -0.507 e. The van der Waals surface area contributed by atoms with Crippen molar-refractivity contribution >= 4 is 23.8 Å². The fraction of sp³-hybridized carbons (Fsp3) is 0.125. The van der Waals surface area contributed by atoms with Gasteiger partial charge in [0.05, 0.1) is 12.1 Å². The van der Waals surface area contributed by atoms with Crippen molar-refractivity contribution in [3.05, 3.63) is 95.6 Å². The van der Waals surface area contributed by atoms with E-state index in [1.54, 1.807) is 72.8 Å². The number of aromatic hydroxyl groups is 1. The molecule has 0 saturated carbocycles. The third-order valence-electron chi connectivity index (χ3n) is 4.63. The number of aliphatic imine (C=N–C) groups is 1. The number of carbonyl (C=O) groups excluding carboxylic acids is 1. The van der Waals surface area contributed by atoms with E-state index in [9.17, 15) is 24.9 Å². The summed E-state index contributed by atoms with van der Waals surface area (Å²) in [6.45, 7) is 0. The number of hydrogen-bond acceptors (Lipinski definition) is 5. The van der Waals surface area contributed by atoms with Gasteiger partial charge < -0.3 is 20.6 Å². The maximum absolute atomic E-state index is 12.2. The number of carboxylic acid groups (broad SMARTS) is 1. The highest BCUT2D eigenvalue weighted by Crippen LogP contribution is 2.22. The second-order valence-electron chi connectivity index (χ2n) is 6.90. The summed E-state index contributed by atoms with van der Waals surface area (Å²) in [6, 6.07) is 20.5. The zero-order valence-corrected chi connectivity index (χ0v) is 16.6. The first-order valence-electron chi connectivity index (χ1n) is 9.60. The third kappa shape index (κ3) is 6.01. The molecule has 0 heterocycles. The van der Waals surface area contributed by atoms with Crippen molar-refractivity contribution in [2.75, 3.05) is 0 Å². The van der Waals surface area contributed by atoms with Crippen LogP contribution in [0.2, 0.25) is 0 Å². The number of aliphatic carboxylic acids is 1. The number of phenols is 1. The summed E-state index contributed by atoms with van der Waals surface area (Å²) in [5, 5.41) is 32.2. The molecule has 0 aliphatic heterocycles. The Kier molecular flexibility index (Phi) is 7.13. The van der Waals surface area contributed by atoms with Gasteiger partial charge in [-0.15, -0.1) is 0 Å². The van der Waals surface area contributed by atoms with E-state index in [1.807, 2.05) is 6.07 Å². The molecular weight excluding hydrogens is 396 g/mol. The third-order valence-corrected chi connectivity index (χ3v) is 4.63. The number of carbonyl (C=O) groups is 2. The quantitative estimate of drug-likeness (QED) is 0.419. The van der Waals surface area contributed by atoms with Gasteiger partial charge in [0.1, 0.15) is 11.9 Å². The molecule has 3 aromatic carbocycles. The van der Waals surface area contributed by atoms with Crippen LogP contribution in [0.5, 0.6) is 5.75 Å². The van der Waals surface area contributed by atoms with E-state index >= 15 is 0 Å². The molecule has 3 rings (SSSR count). The van der Waals surface area contributed by atoms with Crippen LogP contribution in [0.3, 0.4) is 0 Å². The van der Waals surface area contributed by atoms with Crippen molar-refractivity contribution < 1.29 is 24.9 Å². The van der Waals surface area contributed by atoms with Crippen molar-refractivity contribution in [1.29, 1.82) is 0 Å². The smallest absolute Gasteiger partial charge is 0.329 e. The number of nitrogens with one attached hydrogen (secondary N) is 1. The molecule has 0 bridgehead atoms. The molecule has 1 amide bonds. The van der Waals surface area contributed by atoms with Crippen LogP contribution < -0.4 is 5.32 Å². The monoisotopic (exact) mass is 418 g/mol. The summed E-state index contributed by atoms with van der Waals surface area (Å²) in [4.78, 5) is 28.1. The van der Waals surface area contributed by atoms with E-state index in [-0.39, 0.29) is 12.2 Å². The summed E-state index contributed by atoms with van der Waals surface area (Å²) in [7, 11) is 0. The number of aliphatic hydroxyl groups excluding tert-OH is 1. The second kappa shape index (κ2) is 10.2. The zero-order valence-electron chi connectivity index (χ0n) is 16.6. The first kappa shape index (κ1) is 21.7. The number of carboxylic acids is 1. The van der Waals surface area contributed by atoms with Gasteiger partial charge in [0.2, 0.25) is 5.91 Å². The molecule has 0 radical (unpaired) electrons. The molecule has 31 heavy (non-hydrogen) atoms. The number of rotatable bonds is 8. The van der Waals surface area contributed by atoms with E-state index in [1.165, 1.54) is 6.21 Å². The lowest BCUT2D eigenvalue weighted by Crippen LogP contribution is -2.45. The number of hydrogen-bond donors (Lipinski definition) is 4. The van der Waals surface area contributed by atoms with Gasteiger partial charge in [-0.25, -0.2) is 4.79 Å². The van der Waals surface area contributed by atoms with Crippen molar-refractivity contribution in [3.63, 3.8) is 0 Å². The van der Waals surface area contributed by atoms with Crippen LogP contribution in [-0.4, -0.2) is 39.5 Å². The lowest BCUT2D eigenvalue weighted by Gasteiger charge is -2.21. The summed E-state index contributed by atoms with van der Waals surface area (Å²) in [6.07, 6.45) is 0.0792. The van der Waals surface area contributed by atoms with Gasteiger partial charge >= 0.3 is 5.97 Å². The fourth-order valence-electron chi connectivity index (χ4n) is 2.97. The van der Waals surface area contributed by atoms with Gasteiger partial charge in [-0.05, 0) is 35.4 Å². The molecule has 0 saturated heterocycles. The fourth-order valence-corrected chi connectivity index (χ4v) is 2.97. The number of phenolic OH excluding ortho intramolecular Hbond substituents is 1. The predicted octanol–water partition coefficient (Wildman–Crippen LogP) is 2.99. The van der Waals surface area contributed by atoms with Crippen molar-refractivity contribution in [3.8, 4) is 5.75 Å².